The summed E-state index contributed by atoms with van der Waals surface area (Å²) in [7, 11) is 1.29. The largest absolute Gasteiger partial charge is 0.467 e. The first-order valence-corrected chi connectivity index (χ1v) is 7.74. The third-order valence-corrected chi connectivity index (χ3v) is 3.71. The molecule has 1 amide bonds. The lowest BCUT2D eigenvalue weighted by atomic mass is 9.99. The summed E-state index contributed by atoms with van der Waals surface area (Å²) >= 11 is 0. The molecule has 23 heavy (non-hydrogen) atoms. The number of benzene rings is 1. The van der Waals surface area contributed by atoms with Crippen molar-refractivity contribution in [1.29, 1.82) is 0 Å². The first-order chi connectivity index (χ1) is 10.8. The van der Waals surface area contributed by atoms with Crippen LogP contribution in [0.5, 0.6) is 0 Å². The molecular formula is C18H25NO4. The molecule has 0 aliphatic rings. The summed E-state index contributed by atoms with van der Waals surface area (Å²) in [5, 5.41) is 2.63. The van der Waals surface area contributed by atoms with Gasteiger partial charge in [-0.2, -0.15) is 0 Å². The smallest absolute Gasteiger partial charge is 0.328 e. The molecule has 1 unspecified atom stereocenters. The Bertz CT molecular complexity index is 593. The van der Waals surface area contributed by atoms with Gasteiger partial charge in [0.1, 0.15) is 6.04 Å². The Kier molecular flexibility index (Phi) is 6.94. The summed E-state index contributed by atoms with van der Waals surface area (Å²) < 4.78 is 4.68. The van der Waals surface area contributed by atoms with E-state index in [0.717, 1.165) is 11.1 Å². The third-order valence-electron chi connectivity index (χ3n) is 3.71. The van der Waals surface area contributed by atoms with E-state index in [-0.39, 0.29) is 30.4 Å². The second-order valence-electron chi connectivity index (χ2n) is 6.05. The predicted octanol–water partition coefficient (Wildman–Crippen LogP) is 2.58. The van der Waals surface area contributed by atoms with Crippen LogP contribution in [0.1, 0.15) is 48.2 Å². The molecule has 0 aliphatic heterocycles. The number of nitrogens with one attached hydrogen (secondary N) is 1. The molecule has 1 aromatic carbocycles. The predicted molar refractivity (Wildman–Crippen MR) is 88.3 cm³/mol. The number of esters is 1. The molecule has 0 heterocycles. The summed E-state index contributed by atoms with van der Waals surface area (Å²) in [6, 6.07) is 4.99. The van der Waals surface area contributed by atoms with Gasteiger partial charge in [-0.25, -0.2) is 4.79 Å². The monoisotopic (exact) mass is 319 g/mol. The highest BCUT2D eigenvalue weighted by Crippen LogP contribution is 2.14. The molecule has 1 aromatic rings. The molecule has 0 saturated heterocycles. The number of hydrogen-bond acceptors (Lipinski definition) is 4. The van der Waals surface area contributed by atoms with Gasteiger partial charge in [-0.3, -0.25) is 9.59 Å². The summed E-state index contributed by atoms with van der Waals surface area (Å²) in [4.78, 5) is 35.9. The van der Waals surface area contributed by atoms with E-state index in [1.807, 2.05) is 45.9 Å². The summed E-state index contributed by atoms with van der Waals surface area (Å²) in [5.74, 6) is -0.955. The zero-order valence-corrected chi connectivity index (χ0v) is 14.4. The van der Waals surface area contributed by atoms with Crippen molar-refractivity contribution in [2.75, 3.05) is 7.11 Å². The number of ether oxygens (including phenoxy) is 1. The molecule has 0 spiro atoms. The SMILES string of the molecule is COC(=O)C(NC(=O)CCC(=O)c1cc(C)ccc1C)C(C)C. The van der Waals surface area contributed by atoms with Crippen LogP contribution >= 0.6 is 0 Å². The Morgan fingerprint density at radius 2 is 1.78 bits per heavy atom. The third kappa shape index (κ3) is 5.51. The second-order valence-corrected chi connectivity index (χ2v) is 6.05. The quantitative estimate of drug-likeness (QED) is 0.619. The topological polar surface area (TPSA) is 72.5 Å². The fraction of sp³-hybridized carbons (Fsp3) is 0.500. The van der Waals surface area contributed by atoms with Gasteiger partial charge in [0.15, 0.2) is 5.78 Å². The Balaban J connectivity index is 2.63. The lowest BCUT2D eigenvalue weighted by Crippen LogP contribution is -2.45. The second kappa shape index (κ2) is 8.46. The van der Waals surface area contributed by atoms with Gasteiger partial charge in [-0.1, -0.05) is 31.5 Å². The molecule has 0 radical (unpaired) electrons. The number of amides is 1. The maximum Gasteiger partial charge on any atom is 0.328 e. The minimum absolute atomic E-state index is 0.0480. The van der Waals surface area contributed by atoms with E-state index in [1.165, 1.54) is 7.11 Å². The minimum atomic E-state index is -0.691. The number of hydrogen-bond donors (Lipinski definition) is 1. The van der Waals surface area contributed by atoms with E-state index in [1.54, 1.807) is 0 Å². The van der Waals surface area contributed by atoms with Gasteiger partial charge in [0.2, 0.25) is 5.91 Å². The highest BCUT2D eigenvalue weighted by atomic mass is 16.5. The molecular weight excluding hydrogens is 294 g/mol. The highest BCUT2D eigenvalue weighted by molar-refractivity contribution is 5.99. The van der Waals surface area contributed by atoms with E-state index in [2.05, 4.69) is 10.1 Å². The number of ketones is 1. The molecule has 1 N–H and O–H groups in total. The Morgan fingerprint density at radius 3 is 2.35 bits per heavy atom. The minimum Gasteiger partial charge on any atom is -0.467 e. The number of carbonyl (C=O) groups is 3. The Hall–Kier alpha value is -2.17. The number of carbonyl (C=O) groups excluding carboxylic acids is 3. The van der Waals surface area contributed by atoms with Gasteiger partial charge < -0.3 is 10.1 Å². The molecule has 126 valence electrons. The number of rotatable bonds is 7. The summed E-state index contributed by atoms with van der Waals surface area (Å²) in [5.41, 5.74) is 2.55. The first kappa shape index (κ1) is 18.9. The zero-order valence-electron chi connectivity index (χ0n) is 14.4. The lowest BCUT2D eigenvalue weighted by molar-refractivity contribution is -0.146. The zero-order chi connectivity index (χ0) is 17.6. The Morgan fingerprint density at radius 1 is 1.13 bits per heavy atom. The molecule has 5 heteroatoms. The van der Waals surface area contributed by atoms with Crippen LogP contribution in [-0.2, 0) is 14.3 Å². The van der Waals surface area contributed by atoms with Crippen molar-refractivity contribution in [1.82, 2.24) is 5.32 Å². The van der Waals surface area contributed by atoms with Crippen LogP contribution in [0.25, 0.3) is 0 Å². The van der Waals surface area contributed by atoms with Crippen molar-refractivity contribution in [3.8, 4) is 0 Å². The average Bonchev–Trinajstić information content (AvgIpc) is 2.51. The van der Waals surface area contributed by atoms with E-state index in [4.69, 9.17) is 0 Å². The van der Waals surface area contributed by atoms with Crippen molar-refractivity contribution in [2.24, 2.45) is 5.92 Å². The van der Waals surface area contributed by atoms with E-state index >= 15 is 0 Å². The molecule has 0 bridgehead atoms. The van der Waals surface area contributed by atoms with E-state index in [0.29, 0.717) is 5.56 Å². The van der Waals surface area contributed by atoms with Gasteiger partial charge in [-0.05, 0) is 31.4 Å². The molecule has 1 rings (SSSR count). The first-order valence-electron chi connectivity index (χ1n) is 7.74. The fourth-order valence-electron chi connectivity index (χ4n) is 2.27. The van der Waals surface area contributed by atoms with E-state index < -0.39 is 12.0 Å². The van der Waals surface area contributed by atoms with Crippen LogP contribution in [0.15, 0.2) is 18.2 Å². The van der Waals surface area contributed by atoms with Crippen molar-refractivity contribution in [3.05, 3.63) is 34.9 Å². The summed E-state index contributed by atoms with van der Waals surface area (Å²) in [6.07, 6.45) is 0.161. The molecule has 0 saturated carbocycles. The highest BCUT2D eigenvalue weighted by Gasteiger charge is 2.25. The van der Waals surface area contributed by atoms with Crippen LogP contribution in [0.3, 0.4) is 0 Å². The number of methoxy groups -OCH3 is 1. The average molecular weight is 319 g/mol. The molecule has 5 nitrogen and oxygen atoms in total. The van der Waals surface area contributed by atoms with Gasteiger partial charge in [0.25, 0.3) is 0 Å². The van der Waals surface area contributed by atoms with Crippen LogP contribution in [0.2, 0.25) is 0 Å². The van der Waals surface area contributed by atoms with E-state index in [9.17, 15) is 14.4 Å². The number of aryl methyl sites for hydroxylation is 2. The lowest BCUT2D eigenvalue weighted by Gasteiger charge is -2.19. The van der Waals surface area contributed by atoms with Gasteiger partial charge in [0.05, 0.1) is 7.11 Å². The van der Waals surface area contributed by atoms with Gasteiger partial charge >= 0.3 is 5.97 Å². The molecule has 0 fully saturated rings. The maximum atomic E-state index is 12.3. The molecule has 0 aliphatic carbocycles. The molecule has 0 aromatic heterocycles. The van der Waals surface area contributed by atoms with Gasteiger partial charge in [0, 0.05) is 18.4 Å². The molecule has 1 atom stereocenters. The normalized spacial score (nSPS) is 11.9. The van der Waals surface area contributed by atoms with Crippen LogP contribution in [-0.4, -0.2) is 30.8 Å². The van der Waals surface area contributed by atoms with Crippen LogP contribution < -0.4 is 5.32 Å². The number of Topliss-reactive ketones (excluding diaryl/α,β-unsaturated/α-hetero) is 1. The van der Waals surface area contributed by atoms with Crippen molar-refractivity contribution >= 4 is 17.7 Å². The Labute approximate surface area is 137 Å². The van der Waals surface area contributed by atoms with Crippen molar-refractivity contribution in [3.63, 3.8) is 0 Å². The van der Waals surface area contributed by atoms with Crippen molar-refractivity contribution in [2.45, 2.75) is 46.6 Å². The van der Waals surface area contributed by atoms with Crippen molar-refractivity contribution < 1.29 is 19.1 Å². The standard InChI is InChI=1S/C18H25NO4/c1-11(2)17(18(22)23-5)19-16(21)9-8-15(20)14-10-12(3)6-7-13(14)4/h6-7,10-11,17H,8-9H2,1-5H3,(H,19,21). The van der Waals surface area contributed by atoms with Crippen LogP contribution in [0.4, 0.5) is 0 Å². The maximum absolute atomic E-state index is 12.3. The summed E-state index contributed by atoms with van der Waals surface area (Å²) in [6.45, 7) is 7.44. The van der Waals surface area contributed by atoms with Crippen LogP contribution in [0, 0.1) is 19.8 Å². The van der Waals surface area contributed by atoms with Gasteiger partial charge in [-0.15, -0.1) is 0 Å². The fourth-order valence-corrected chi connectivity index (χ4v) is 2.27.